The van der Waals surface area contributed by atoms with Crippen LogP contribution in [0.4, 0.5) is 5.69 Å². The van der Waals surface area contributed by atoms with Crippen LogP contribution < -0.4 is 9.62 Å². The summed E-state index contributed by atoms with van der Waals surface area (Å²) in [7, 11) is -3.40. The van der Waals surface area contributed by atoms with E-state index < -0.39 is 10.0 Å². The van der Waals surface area contributed by atoms with Crippen molar-refractivity contribution < 1.29 is 13.2 Å². The van der Waals surface area contributed by atoms with Crippen LogP contribution >= 0.6 is 0 Å². The molecular weight excluding hydrogens is 384 g/mol. The van der Waals surface area contributed by atoms with Crippen LogP contribution in [0.15, 0.2) is 54.6 Å². The van der Waals surface area contributed by atoms with Gasteiger partial charge in [-0.15, -0.1) is 0 Å². The van der Waals surface area contributed by atoms with Crippen molar-refractivity contribution in [2.75, 3.05) is 17.1 Å². The molecule has 0 saturated heterocycles. The van der Waals surface area contributed by atoms with Crippen LogP contribution in [0.3, 0.4) is 0 Å². The number of sulfonamides is 1. The van der Waals surface area contributed by atoms with Gasteiger partial charge in [0, 0.05) is 19.0 Å². The van der Waals surface area contributed by atoms with E-state index in [0.29, 0.717) is 18.5 Å². The molecule has 0 aliphatic rings. The van der Waals surface area contributed by atoms with Crippen molar-refractivity contribution in [3.05, 3.63) is 65.7 Å². The highest BCUT2D eigenvalue weighted by Crippen LogP contribution is 2.19. The molecule has 0 spiro atoms. The first-order valence-corrected chi connectivity index (χ1v) is 12.0. The first-order valence-electron chi connectivity index (χ1n) is 10.2. The Morgan fingerprint density at radius 1 is 1.03 bits per heavy atom. The number of carbonyl (C=O) groups excluding carboxylic acids is 1. The van der Waals surface area contributed by atoms with Gasteiger partial charge >= 0.3 is 0 Å². The van der Waals surface area contributed by atoms with E-state index in [2.05, 4.69) is 24.4 Å². The molecule has 0 aromatic heterocycles. The molecule has 1 N–H and O–H groups in total. The normalized spacial score (nSPS) is 12.4. The first-order chi connectivity index (χ1) is 13.8. The van der Waals surface area contributed by atoms with Crippen LogP contribution in [0.5, 0.6) is 0 Å². The zero-order chi connectivity index (χ0) is 21.3. The van der Waals surface area contributed by atoms with Crippen LogP contribution in [-0.2, 0) is 27.7 Å². The molecule has 2 aromatic carbocycles. The Morgan fingerprint density at radius 2 is 1.69 bits per heavy atom. The number of carbonyl (C=O) groups is 1. The smallest absolute Gasteiger partial charge is 0.232 e. The van der Waals surface area contributed by atoms with Crippen molar-refractivity contribution in [3.63, 3.8) is 0 Å². The molecule has 2 aromatic rings. The van der Waals surface area contributed by atoms with Crippen LogP contribution in [0.1, 0.15) is 44.2 Å². The average Bonchev–Trinajstić information content (AvgIpc) is 2.70. The van der Waals surface area contributed by atoms with E-state index in [9.17, 15) is 13.2 Å². The third-order valence-electron chi connectivity index (χ3n) is 4.91. The second-order valence-corrected chi connectivity index (χ2v) is 9.36. The number of rotatable bonds is 11. The van der Waals surface area contributed by atoms with Gasteiger partial charge in [0.15, 0.2) is 0 Å². The van der Waals surface area contributed by atoms with Crippen molar-refractivity contribution >= 4 is 21.6 Å². The molecule has 0 aliphatic heterocycles. The molecule has 0 heterocycles. The monoisotopic (exact) mass is 416 g/mol. The number of amides is 1. The topological polar surface area (TPSA) is 66.5 Å². The molecule has 0 aliphatic carbocycles. The lowest BCUT2D eigenvalue weighted by Gasteiger charge is -2.23. The Labute approximate surface area is 175 Å². The quantitative estimate of drug-likeness (QED) is 0.603. The lowest BCUT2D eigenvalue weighted by atomic mass is 10.1. The minimum atomic E-state index is -3.40. The van der Waals surface area contributed by atoms with Gasteiger partial charge in [0.1, 0.15) is 0 Å². The highest BCUT2D eigenvalue weighted by molar-refractivity contribution is 7.92. The summed E-state index contributed by atoms with van der Waals surface area (Å²) in [5.41, 5.74) is 3.05. The Kier molecular flexibility index (Phi) is 8.70. The maximum absolute atomic E-state index is 12.2. The standard InChI is InChI=1S/C23H32N2O3S/c1-4-20-14-16-22(17-15-20)25(29(3,27)28)18-8-11-23(26)24-19(2)12-13-21-9-6-5-7-10-21/h5-7,9-10,14-17,19H,4,8,11-13,18H2,1-3H3,(H,24,26)/t19-/m0/s1. The van der Waals surface area contributed by atoms with E-state index >= 15 is 0 Å². The molecule has 29 heavy (non-hydrogen) atoms. The maximum atomic E-state index is 12.2. The summed E-state index contributed by atoms with van der Waals surface area (Å²) in [6.07, 6.45) is 4.66. The van der Waals surface area contributed by atoms with Crippen molar-refractivity contribution in [2.45, 2.75) is 52.0 Å². The Morgan fingerprint density at radius 3 is 2.28 bits per heavy atom. The number of aryl methyl sites for hydroxylation is 2. The predicted molar refractivity (Wildman–Crippen MR) is 120 cm³/mol. The fraction of sp³-hybridized carbons (Fsp3) is 0.435. The highest BCUT2D eigenvalue weighted by Gasteiger charge is 2.18. The van der Waals surface area contributed by atoms with E-state index in [4.69, 9.17) is 0 Å². The average molecular weight is 417 g/mol. The van der Waals surface area contributed by atoms with Crippen molar-refractivity contribution in [1.82, 2.24) is 5.32 Å². The van der Waals surface area contributed by atoms with E-state index in [1.165, 1.54) is 16.1 Å². The van der Waals surface area contributed by atoms with Crippen LogP contribution in [0.2, 0.25) is 0 Å². The maximum Gasteiger partial charge on any atom is 0.232 e. The summed E-state index contributed by atoms with van der Waals surface area (Å²) in [4.78, 5) is 12.2. The molecule has 6 heteroatoms. The Hall–Kier alpha value is -2.34. The summed E-state index contributed by atoms with van der Waals surface area (Å²) in [6.45, 7) is 4.35. The number of hydrogen-bond donors (Lipinski definition) is 1. The lowest BCUT2D eigenvalue weighted by molar-refractivity contribution is -0.121. The molecule has 1 amide bonds. The number of benzene rings is 2. The number of hydrogen-bond acceptors (Lipinski definition) is 3. The van der Waals surface area contributed by atoms with E-state index in [0.717, 1.165) is 24.8 Å². The van der Waals surface area contributed by atoms with Gasteiger partial charge < -0.3 is 5.32 Å². The first kappa shape index (κ1) is 22.9. The third kappa shape index (κ3) is 7.89. The summed E-state index contributed by atoms with van der Waals surface area (Å²) >= 11 is 0. The molecule has 1 atom stereocenters. The van der Waals surface area contributed by atoms with Crippen molar-refractivity contribution in [1.29, 1.82) is 0 Å². The van der Waals surface area contributed by atoms with Gasteiger partial charge in [0.25, 0.3) is 0 Å². The van der Waals surface area contributed by atoms with Gasteiger partial charge in [-0.25, -0.2) is 8.42 Å². The molecular formula is C23H32N2O3S. The SMILES string of the molecule is CCc1ccc(N(CCCC(=O)N[C@@H](C)CCc2ccccc2)S(C)(=O)=O)cc1. The molecule has 0 bridgehead atoms. The fourth-order valence-corrected chi connectivity index (χ4v) is 4.18. The van der Waals surface area contributed by atoms with Crippen molar-refractivity contribution in [3.8, 4) is 0 Å². The second kappa shape index (κ2) is 11.0. The van der Waals surface area contributed by atoms with Gasteiger partial charge in [-0.05, 0) is 55.9 Å². The van der Waals surface area contributed by atoms with Crippen LogP contribution in [0.25, 0.3) is 0 Å². The third-order valence-corrected chi connectivity index (χ3v) is 6.11. The number of anilines is 1. The molecule has 2 rings (SSSR count). The molecule has 0 radical (unpaired) electrons. The van der Waals surface area contributed by atoms with Gasteiger partial charge in [0.2, 0.25) is 15.9 Å². The summed E-state index contributed by atoms with van der Waals surface area (Å²) < 4.78 is 25.7. The van der Waals surface area contributed by atoms with Gasteiger partial charge in [-0.3, -0.25) is 9.10 Å². The number of nitrogens with one attached hydrogen (secondary N) is 1. The summed E-state index contributed by atoms with van der Waals surface area (Å²) in [5.74, 6) is -0.0413. The predicted octanol–water partition coefficient (Wildman–Crippen LogP) is 3.93. The molecule has 5 nitrogen and oxygen atoms in total. The van der Waals surface area contributed by atoms with Gasteiger partial charge in [-0.2, -0.15) is 0 Å². The van der Waals surface area contributed by atoms with E-state index in [1.807, 2.05) is 49.4 Å². The van der Waals surface area contributed by atoms with Gasteiger partial charge in [0.05, 0.1) is 11.9 Å². The van der Waals surface area contributed by atoms with E-state index in [-0.39, 0.29) is 18.5 Å². The molecule has 158 valence electrons. The summed E-state index contributed by atoms with van der Waals surface area (Å²) in [5, 5.41) is 3.01. The summed E-state index contributed by atoms with van der Waals surface area (Å²) in [6, 6.07) is 17.8. The largest absolute Gasteiger partial charge is 0.354 e. The highest BCUT2D eigenvalue weighted by atomic mass is 32.2. The Bertz CT molecular complexity index is 865. The van der Waals surface area contributed by atoms with E-state index in [1.54, 1.807) is 0 Å². The number of nitrogens with zero attached hydrogens (tertiary/aromatic N) is 1. The van der Waals surface area contributed by atoms with Crippen molar-refractivity contribution in [2.24, 2.45) is 0 Å². The lowest BCUT2D eigenvalue weighted by Crippen LogP contribution is -2.35. The van der Waals surface area contributed by atoms with Gasteiger partial charge in [-0.1, -0.05) is 49.4 Å². The Balaban J connectivity index is 1.81. The molecule has 0 unspecified atom stereocenters. The second-order valence-electron chi connectivity index (χ2n) is 7.45. The fourth-order valence-electron chi connectivity index (χ4n) is 3.21. The molecule has 0 saturated carbocycles. The minimum absolute atomic E-state index is 0.0413. The molecule has 0 fully saturated rings. The zero-order valence-corrected chi connectivity index (χ0v) is 18.4. The van der Waals surface area contributed by atoms with Crippen LogP contribution in [-0.4, -0.2) is 33.2 Å². The van der Waals surface area contributed by atoms with Crippen LogP contribution in [0, 0.1) is 0 Å². The minimum Gasteiger partial charge on any atom is -0.354 e. The zero-order valence-electron chi connectivity index (χ0n) is 17.6.